The van der Waals surface area contributed by atoms with Gasteiger partial charge in [0.25, 0.3) is 5.91 Å². The third-order valence-electron chi connectivity index (χ3n) is 3.20. The molecule has 0 fully saturated rings. The number of aryl methyl sites for hydroxylation is 1. The first kappa shape index (κ1) is 15.9. The zero-order valence-corrected chi connectivity index (χ0v) is 14.6. The third-order valence-corrected chi connectivity index (χ3v) is 4.78. The molecule has 0 aliphatic carbocycles. The summed E-state index contributed by atoms with van der Waals surface area (Å²) in [4.78, 5) is 13.9. The zero-order chi connectivity index (χ0) is 16.4. The van der Waals surface area contributed by atoms with E-state index in [0.29, 0.717) is 27.3 Å². The van der Waals surface area contributed by atoms with E-state index in [0.717, 1.165) is 4.88 Å². The molecule has 3 rings (SSSR count). The summed E-state index contributed by atoms with van der Waals surface area (Å²) in [5, 5.41) is 7.05. The fourth-order valence-corrected chi connectivity index (χ4v) is 3.27. The number of carbonyl (C=O) groups excluding carboxylic acids is 1. The van der Waals surface area contributed by atoms with Crippen molar-refractivity contribution in [2.75, 3.05) is 5.32 Å². The predicted molar refractivity (Wildman–Crippen MR) is 92.4 cm³/mol. The Morgan fingerprint density at radius 3 is 2.83 bits per heavy atom. The fourth-order valence-electron chi connectivity index (χ4n) is 2.09. The highest BCUT2D eigenvalue weighted by molar-refractivity contribution is 9.10. The molecule has 0 atom stereocenters. The van der Waals surface area contributed by atoms with Crippen molar-refractivity contribution in [2.45, 2.75) is 13.5 Å². The highest BCUT2D eigenvalue weighted by atomic mass is 79.9. The molecule has 4 nitrogen and oxygen atoms in total. The average molecular weight is 394 g/mol. The van der Waals surface area contributed by atoms with Crippen molar-refractivity contribution >= 4 is 39.0 Å². The number of nitrogens with zero attached hydrogens (tertiary/aromatic N) is 2. The lowest BCUT2D eigenvalue weighted by Crippen LogP contribution is -2.11. The highest BCUT2D eigenvalue weighted by Crippen LogP contribution is 2.23. The number of thiophene rings is 1. The van der Waals surface area contributed by atoms with E-state index in [1.165, 1.54) is 17.4 Å². The van der Waals surface area contributed by atoms with Gasteiger partial charge in [-0.1, -0.05) is 18.2 Å². The summed E-state index contributed by atoms with van der Waals surface area (Å²) in [6, 6.07) is 10.2. The maximum Gasteiger partial charge on any atom is 0.266 e. The minimum atomic E-state index is -0.279. The molecule has 0 radical (unpaired) electrons. The van der Waals surface area contributed by atoms with Crippen LogP contribution in [0.25, 0.3) is 0 Å². The largest absolute Gasteiger partial charge is 0.303 e. The molecular weight excluding hydrogens is 381 g/mol. The first-order chi connectivity index (χ1) is 11.0. The summed E-state index contributed by atoms with van der Waals surface area (Å²) < 4.78 is 15.9. The number of anilines is 1. The van der Waals surface area contributed by atoms with E-state index in [9.17, 15) is 9.18 Å². The molecular formula is C16H13BrFN3OS. The summed E-state index contributed by atoms with van der Waals surface area (Å²) in [6.45, 7) is 2.24. The molecule has 0 saturated heterocycles. The van der Waals surface area contributed by atoms with Gasteiger partial charge in [0.1, 0.15) is 5.82 Å². The lowest BCUT2D eigenvalue weighted by molar-refractivity contribution is 0.103. The van der Waals surface area contributed by atoms with Gasteiger partial charge in [-0.05, 0) is 41.1 Å². The van der Waals surface area contributed by atoms with Crippen LogP contribution in [0, 0.1) is 12.7 Å². The number of benzene rings is 1. The van der Waals surface area contributed by atoms with Crippen LogP contribution in [0.15, 0.2) is 47.1 Å². The number of aromatic nitrogens is 2. The van der Waals surface area contributed by atoms with Crippen molar-refractivity contribution in [1.29, 1.82) is 0 Å². The van der Waals surface area contributed by atoms with E-state index >= 15 is 0 Å². The normalized spacial score (nSPS) is 10.7. The maximum atomic E-state index is 13.7. The van der Waals surface area contributed by atoms with Gasteiger partial charge in [0.2, 0.25) is 0 Å². The van der Waals surface area contributed by atoms with E-state index in [2.05, 4.69) is 26.3 Å². The van der Waals surface area contributed by atoms with Crippen molar-refractivity contribution in [1.82, 2.24) is 9.78 Å². The van der Waals surface area contributed by atoms with Gasteiger partial charge in [0.05, 0.1) is 15.9 Å². The van der Waals surface area contributed by atoms with Crippen LogP contribution in [0.3, 0.4) is 0 Å². The minimum absolute atomic E-state index is 0.208. The van der Waals surface area contributed by atoms with Crippen LogP contribution < -0.4 is 5.32 Å². The zero-order valence-electron chi connectivity index (χ0n) is 12.2. The first-order valence-electron chi connectivity index (χ1n) is 6.87. The standard InChI is InChI=1S/C16H13BrFN3OS/c1-10-6-7-14(23-10)16(22)19-15-12(17)9-21(20-15)8-11-4-2-3-5-13(11)18/h2-7,9H,8H2,1H3,(H,19,20,22). The van der Waals surface area contributed by atoms with Crippen molar-refractivity contribution < 1.29 is 9.18 Å². The maximum absolute atomic E-state index is 13.7. The second kappa shape index (κ2) is 6.64. The molecule has 3 aromatic rings. The molecule has 1 amide bonds. The van der Waals surface area contributed by atoms with Crippen LogP contribution in [0.4, 0.5) is 10.2 Å². The van der Waals surface area contributed by atoms with Crippen molar-refractivity contribution in [3.05, 3.63) is 68.2 Å². The Bertz CT molecular complexity index is 859. The van der Waals surface area contributed by atoms with Crippen molar-refractivity contribution in [2.24, 2.45) is 0 Å². The van der Waals surface area contributed by atoms with E-state index in [-0.39, 0.29) is 11.7 Å². The van der Waals surface area contributed by atoms with E-state index < -0.39 is 0 Å². The van der Waals surface area contributed by atoms with Crippen LogP contribution in [0.1, 0.15) is 20.1 Å². The Morgan fingerprint density at radius 1 is 1.35 bits per heavy atom. The summed E-state index contributed by atoms with van der Waals surface area (Å²) in [6.07, 6.45) is 1.71. The SMILES string of the molecule is Cc1ccc(C(=O)Nc2nn(Cc3ccccc3F)cc2Br)s1. The molecule has 23 heavy (non-hydrogen) atoms. The molecule has 0 unspecified atom stereocenters. The lowest BCUT2D eigenvalue weighted by atomic mass is 10.2. The topological polar surface area (TPSA) is 46.9 Å². The van der Waals surface area contributed by atoms with Crippen LogP contribution in [-0.2, 0) is 6.54 Å². The second-order valence-electron chi connectivity index (χ2n) is 4.98. The molecule has 0 aliphatic rings. The number of amides is 1. The number of hydrogen-bond acceptors (Lipinski definition) is 3. The minimum Gasteiger partial charge on any atom is -0.303 e. The molecule has 0 bridgehead atoms. The van der Waals surface area contributed by atoms with E-state index in [1.54, 1.807) is 35.1 Å². The van der Waals surface area contributed by atoms with Crippen molar-refractivity contribution in [3.8, 4) is 0 Å². The lowest BCUT2D eigenvalue weighted by Gasteiger charge is -2.03. The molecule has 1 N–H and O–H groups in total. The first-order valence-corrected chi connectivity index (χ1v) is 8.48. The average Bonchev–Trinajstić information content (AvgIpc) is 3.08. The molecule has 1 aromatic carbocycles. The Labute approximate surface area is 145 Å². The number of carbonyl (C=O) groups is 1. The van der Waals surface area contributed by atoms with Gasteiger partial charge in [-0.2, -0.15) is 5.10 Å². The Balaban J connectivity index is 1.76. The fraction of sp³-hybridized carbons (Fsp3) is 0.125. The number of hydrogen-bond donors (Lipinski definition) is 1. The van der Waals surface area contributed by atoms with Gasteiger partial charge >= 0.3 is 0 Å². The summed E-state index contributed by atoms with van der Waals surface area (Å²) in [5.74, 6) is -0.0731. The van der Waals surface area contributed by atoms with Gasteiger partial charge in [-0.3, -0.25) is 9.48 Å². The molecule has 118 valence electrons. The Morgan fingerprint density at radius 2 is 2.13 bits per heavy atom. The summed E-state index contributed by atoms with van der Waals surface area (Å²) >= 11 is 4.79. The van der Waals surface area contributed by atoms with Crippen LogP contribution in [0.5, 0.6) is 0 Å². The van der Waals surface area contributed by atoms with E-state index in [4.69, 9.17) is 0 Å². The quantitative estimate of drug-likeness (QED) is 0.711. The van der Waals surface area contributed by atoms with Gasteiger partial charge < -0.3 is 5.32 Å². The van der Waals surface area contributed by atoms with Gasteiger partial charge in [-0.15, -0.1) is 11.3 Å². The highest BCUT2D eigenvalue weighted by Gasteiger charge is 2.14. The number of halogens is 2. The van der Waals surface area contributed by atoms with Crippen LogP contribution in [-0.4, -0.2) is 15.7 Å². The molecule has 7 heteroatoms. The van der Waals surface area contributed by atoms with E-state index in [1.807, 2.05) is 13.0 Å². The summed E-state index contributed by atoms with van der Waals surface area (Å²) in [5.41, 5.74) is 0.536. The molecule has 0 saturated carbocycles. The van der Waals surface area contributed by atoms with Gasteiger partial charge in [0.15, 0.2) is 5.82 Å². The third kappa shape index (κ3) is 3.68. The van der Waals surface area contributed by atoms with Crippen LogP contribution >= 0.6 is 27.3 Å². The summed E-state index contributed by atoms with van der Waals surface area (Å²) in [7, 11) is 0. The molecule has 0 aliphatic heterocycles. The Kier molecular flexibility index (Phi) is 4.58. The second-order valence-corrected chi connectivity index (χ2v) is 7.12. The Hall–Kier alpha value is -1.99. The van der Waals surface area contributed by atoms with Crippen molar-refractivity contribution in [3.63, 3.8) is 0 Å². The van der Waals surface area contributed by atoms with Gasteiger partial charge in [-0.25, -0.2) is 4.39 Å². The molecule has 2 heterocycles. The number of nitrogens with one attached hydrogen (secondary N) is 1. The monoisotopic (exact) mass is 393 g/mol. The van der Waals surface area contributed by atoms with Crippen LogP contribution in [0.2, 0.25) is 0 Å². The smallest absolute Gasteiger partial charge is 0.266 e. The predicted octanol–water partition coefficient (Wildman–Crippen LogP) is 4.46. The molecule has 2 aromatic heterocycles. The molecule has 0 spiro atoms. The number of rotatable bonds is 4. The van der Waals surface area contributed by atoms with Gasteiger partial charge in [0, 0.05) is 16.6 Å².